The average Bonchev–Trinajstić information content (AvgIpc) is 2.78. The molecular formula is C24H33N3O5S. The van der Waals surface area contributed by atoms with Crippen molar-refractivity contribution in [3.05, 3.63) is 59.2 Å². The van der Waals surface area contributed by atoms with Gasteiger partial charge in [0.25, 0.3) is 0 Å². The van der Waals surface area contributed by atoms with Gasteiger partial charge in [-0.1, -0.05) is 31.2 Å². The number of ether oxygens (including phenoxy) is 1. The Bertz CT molecular complexity index is 1100. The maximum Gasteiger partial charge on any atom is 0.244 e. The van der Waals surface area contributed by atoms with Crippen molar-refractivity contribution in [1.82, 2.24) is 10.2 Å². The van der Waals surface area contributed by atoms with Crippen molar-refractivity contribution in [2.75, 3.05) is 31.3 Å². The molecule has 2 aromatic carbocycles. The molecule has 0 aliphatic heterocycles. The molecule has 0 spiro atoms. The predicted octanol–water partition coefficient (Wildman–Crippen LogP) is 2.63. The average molecular weight is 476 g/mol. The monoisotopic (exact) mass is 475 g/mol. The SMILES string of the molecule is CC[C@@H](C(=O)NC)N(Cc1cccc(OC)c1)C(=O)CN(c1cccc(C)c1C)S(C)(=O)=O. The van der Waals surface area contributed by atoms with Crippen LogP contribution in [-0.2, 0) is 26.2 Å². The highest BCUT2D eigenvalue weighted by atomic mass is 32.2. The Morgan fingerprint density at radius 1 is 1.12 bits per heavy atom. The summed E-state index contributed by atoms with van der Waals surface area (Å²) in [7, 11) is -0.699. The van der Waals surface area contributed by atoms with Gasteiger partial charge in [0, 0.05) is 13.6 Å². The summed E-state index contributed by atoms with van der Waals surface area (Å²) in [6.45, 7) is 5.23. The molecule has 9 heteroatoms. The molecular weight excluding hydrogens is 442 g/mol. The molecule has 0 heterocycles. The van der Waals surface area contributed by atoms with Crippen molar-refractivity contribution >= 4 is 27.5 Å². The summed E-state index contributed by atoms with van der Waals surface area (Å²) in [5.41, 5.74) is 2.90. The van der Waals surface area contributed by atoms with Crippen molar-refractivity contribution in [2.45, 2.75) is 39.8 Å². The zero-order valence-electron chi connectivity index (χ0n) is 20.1. The summed E-state index contributed by atoms with van der Waals surface area (Å²) >= 11 is 0. The molecule has 33 heavy (non-hydrogen) atoms. The molecule has 0 radical (unpaired) electrons. The highest BCUT2D eigenvalue weighted by Gasteiger charge is 2.31. The first-order chi connectivity index (χ1) is 15.5. The summed E-state index contributed by atoms with van der Waals surface area (Å²) < 4.78 is 31.7. The highest BCUT2D eigenvalue weighted by Crippen LogP contribution is 2.26. The van der Waals surface area contributed by atoms with Gasteiger partial charge in [0.05, 0.1) is 19.1 Å². The number of nitrogens with one attached hydrogen (secondary N) is 1. The Labute approximate surface area is 196 Å². The zero-order chi connectivity index (χ0) is 24.8. The van der Waals surface area contributed by atoms with E-state index in [0.29, 0.717) is 17.9 Å². The molecule has 0 aliphatic carbocycles. The number of anilines is 1. The van der Waals surface area contributed by atoms with Gasteiger partial charge in [-0.15, -0.1) is 0 Å². The molecule has 0 fully saturated rings. The van der Waals surface area contributed by atoms with E-state index in [-0.39, 0.29) is 12.5 Å². The number of aryl methyl sites for hydroxylation is 1. The van der Waals surface area contributed by atoms with Gasteiger partial charge in [0.2, 0.25) is 21.8 Å². The van der Waals surface area contributed by atoms with Crippen LogP contribution in [0.3, 0.4) is 0 Å². The minimum Gasteiger partial charge on any atom is -0.497 e. The molecule has 2 rings (SSSR count). The third-order valence-electron chi connectivity index (χ3n) is 5.64. The maximum absolute atomic E-state index is 13.6. The quantitative estimate of drug-likeness (QED) is 0.570. The molecule has 0 aromatic heterocycles. The number of amides is 2. The zero-order valence-corrected chi connectivity index (χ0v) is 20.9. The maximum atomic E-state index is 13.6. The lowest BCUT2D eigenvalue weighted by atomic mass is 10.1. The van der Waals surface area contributed by atoms with Gasteiger partial charge in [-0.25, -0.2) is 8.42 Å². The van der Waals surface area contributed by atoms with Crippen LogP contribution in [0.25, 0.3) is 0 Å². The molecule has 2 amide bonds. The number of hydrogen-bond acceptors (Lipinski definition) is 5. The van der Waals surface area contributed by atoms with E-state index in [9.17, 15) is 18.0 Å². The number of methoxy groups -OCH3 is 1. The fraction of sp³-hybridized carbons (Fsp3) is 0.417. The summed E-state index contributed by atoms with van der Waals surface area (Å²) in [6, 6.07) is 11.8. The molecule has 1 N–H and O–H groups in total. The Balaban J connectivity index is 2.48. The summed E-state index contributed by atoms with van der Waals surface area (Å²) in [5.74, 6) is -0.160. The largest absolute Gasteiger partial charge is 0.497 e. The second-order valence-corrected chi connectivity index (χ2v) is 9.81. The van der Waals surface area contributed by atoms with Gasteiger partial charge in [-0.3, -0.25) is 13.9 Å². The number of carbonyl (C=O) groups is 2. The predicted molar refractivity (Wildman–Crippen MR) is 130 cm³/mol. The first kappa shape index (κ1) is 26.2. The van der Waals surface area contributed by atoms with Crippen LogP contribution in [0.5, 0.6) is 5.75 Å². The minimum absolute atomic E-state index is 0.131. The lowest BCUT2D eigenvalue weighted by molar-refractivity contribution is -0.140. The van der Waals surface area contributed by atoms with Crippen molar-refractivity contribution in [3.63, 3.8) is 0 Å². The molecule has 8 nitrogen and oxygen atoms in total. The number of rotatable bonds is 10. The number of carbonyl (C=O) groups excluding carboxylic acids is 2. The number of hydrogen-bond donors (Lipinski definition) is 1. The van der Waals surface area contributed by atoms with Crippen LogP contribution in [0.4, 0.5) is 5.69 Å². The van der Waals surface area contributed by atoms with Crippen LogP contribution in [0, 0.1) is 13.8 Å². The summed E-state index contributed by atoms with van der Waals surface area (Å²) in [5, 5.41) is 2.60. The molecule has 0 saturated heterocycles. The Hall–Kier alpha value is -3.07. The first-order valence-electron chi connectivity index (χ1n) is 10.7. The molecule has 0 unspecified atom stereocenters. The standard InChI is InChI=1S/C24H33N3O5S/c1-7-21(24(29)25-4)26(15-19-11-9-12-20(14-19)32-5)23(28)16-27(33(6,30)31)22-13-8-10-17(2)18(22)3/h8-14,21H,7,15-16H2,1-6H3,(H,25,29)/t21-/m0/s1. The molecule has 2 aromatic rings. The van der Waals surface area contributed by atoms with Crippen LogP contribution in [0.2, 0.25) is 0 Å². The van der Waals surface area contributed by atoms with E-state index in [4.69, 9.17) is 4.74 Å². The number of sulfonamides is 1. The topological polar surface area (TPSA) is 96.0 Å². The number of nitrogens with zero attached hydrogens (tertiary/aromatic N) is 2. The molecule has 1 atom stereocenters. The second-order valence-electron chi connectivity index (χ2n) is 7.90. The summed E-state index contributed by atoms with van der Waals surface area (Å²) in [4.78, 5) is 27.6. The van der Waals surface area contributed by atoms with Crippen LogP contribution in [0.1, 0.15) is 30.0 Å². The smallest absolute Gasteiger partial charge is 0.244 e. The van der Waals surface area contributed by atoms with E-state index in [0.717, 1.165) is 27.3 Å². The lowest BCUT2D eigenvalue weighted by Crippen LogP contribution is -2.51. The fourth-order valence-corrected chi connectivity index (χ4v) is 4.55. The van der Waals surface area contributed by atoms with Gasteiger partial charge in [-0.05, 0) is 55.2 Å². The normalized spacial score (nSPS) is 12.1. The van der Waals surface area contributed by atoms with E-state index in [1.807, 2.05) is 32.9 Å². The van der Waals surface area contributed by atoms with Crippen molar-refractivity contribution in [2.24, 2.45) is 0 Å². The molecule has 0 saturated carbocycles. The Morgan fingerprint density at radius 2 is 1.79 bits per heavy atom. The number of likely N-dealkylation sites (N-methyl/N-ethyl adjacent to an activating group) is 1. The van der Waals surface area contributed by atoms with Gasteiger partial charge in [0.15, 0.2) is 0 Å². The lowest BCUT2D eigenvalue weighted by Gasteiger charge is -2.33. The van der Waals surface area contributed by atoms with E-state index >= 15 is 0 Å². The van der Waals surface area contributed by atoms with Crippen LogP contribution < -0.4 is 14.4 Å². The molecule has 180 valence electrons. The van der Waals surface area contributed by atoms with Gasteiger partial charge < -0.3 is 15.0 Å². The van der Waals surface area contributed by atoms with Crippen LogP contribution >= 0.6 is 0 Å². The summed E-state index contributed by atoms with van der Waals surface area (Å²) in [6.07, 6.45) is 1.45. The van der Waals surface area contributed by atoms with E-state index < -0.39 is 28.5 Å². The number of benzene rings is 2. The van der Waals surface area contributed by atoms with Crippen LogP contribution in [-0.4, -0.2) is 58.1 Å². The Morgan fingerprint density at radius 3 is 2.36 bits per heavy atom. The van der Waals surface area contributed by atoms with Crippen molar-refractivity contribution in [3.8, 4) is 5.75 Å². The van der Waals surface area contributed by atoms with E-state index in [2.05, 4.69) is 5.32 Å². The third-order valence-corrected chi connectivity index (χ3v) is 6.77. The highest BCUT2D eigenvalue weighted by molar-refractivity contribution is 7.92. The Kier molecular flexibility index (Phi) is 8.87. The van der Waals surface area contributed by atoms with Gasteiger partial charge in [-0.2, -0.15) is 0 Å². The van der Waals surface area contributed by atoms with E-state index in [1.54, 1.807) is 37.4 Å². The van der Waals surface area contributed by atoms with E-state index in [1.165, 1.54) is 11.9 Å². The van der Waals surface area contributed by atoms with Crippen molar-refractivity contribution in [1.29, 1.82) is 0 Å². The van der Waals surface area contributed by atoms with Crippen molar-refractivity contribution < 1.29 is 22.7 Å². The third kappa shape index (κ3) is 6.47. The molecule has 0 aliphatic rings. The second kappa shape index (κ2) is 11.2. The van der Waals surface area contributed by atoms with Gasteiger partial charge in [0.1, 0.15) is 18.3 Å². The first-order valence-corrected chi connectivity index (χ1v) is 12.6. The van der Waals surface area contributed by atoms with Crippen LogP contribution in [0.15, 0.2) is 42.5 Å². The minimum atomic E-state index is -3.76. The van der Waals surface area contributed by atoms with Gasteiger partial charge >= 0.3 is 0 Å². The molecule has 0 bridgehead atoms. The fourth-order valence-electron chi connectivity index (χ4n) is 3.65.